The van der Waals surface area contributed by atoms with E-state index in [1.165, 1.54) is 19.3 Å². The van der Waals surface area contributed by atoms with Crippen molar-refractivity contribution in [3.8, 4) is 0 Å². The number of ketones is 1. The highest BCUT2D eigenvalue weighted by molar-refractivity contribution is 5.89. The summed E-state index contributed by atoms with van der Waals surface area (Å²) in [6.07, 6.45) is 8.27. The van der Waals surface area contributed by atoms with Crippen molar-refractivity contribution in [2.75, 3.05) is 0 Å². The normalized spacial score (nSPS) is 16.6. The molecule has 98 valence electrons. The van der Waals surface area contributed by atoms with Gasteiger partial charge in [-0.1, -0.05) is 37.5 Å². The zero-order chi connectivity index (χ0) is 13.1. The molecule has 0 bridgehead atoms. The second kappa shape index (κ2) is 5.52. The summed E-state index contributed by atoms with van der Waals surface area (Å²) in [5, 5.41) is 1.12. The van der Waals surface area contributed by atoms with Gasteiger partial charge in [-0.15, -0.1) is 0 Å². The predicted molar refractivity (Wildman–Crippen MR) is 77.0 cm³/mol. The number of pyridine rings is 1. The van der Waals surface area contributed by atoms with Gasteiger partial charge in [0, 0.05) is 23.9 Å². The summed E-state index contributed by atoms with van der Waals surface area (Å²) in [5.74, 6) is 0.705. The van der Waals surface area contributed by atoms with Crippen LogP contribution >= 0.6 is 0 Å². The van der Waals surface area contributed by atoms with Crippen molar-refractivity contribution in [1.29, 1.82) is 0 Å². The van der Waals surface area contributed by atoms with Crippen molar-refractivity contribution < 1.29 is 4.79 Å². The molecular formula is C17H19NO. The molecule has 0 aliphatic heterocycles. The summed E-state index contributed by atoms with van der Waals surface area (Å²) in [7, 11) is 0. The number of nitrogens with zero attached hydrogens (tertiary/aromatic N) is 1. The minimum atomic E-state index is 0.292. The quantitative estimate of drug-likeness (QED) is 0.829. The maximum atomic E-state index is 12.4. The van der Waals surface area contributed by atoms with Gasteiger partial charge in [-0.05, 0) is 30.5 Å². The SMILES string of the molecule is O=C(Cc1ccnc2ccccc12)C1CCCCC1. The molecule has 2 heteroatoms. The second-order valence-electron chi connectivity index (χ2n) is 5.47. The first-order valence-corrected chi connectivity index (χ1v) is 7.20. The average molecular weight is 253 g/mol. The third-order valence-corrected chi connectivity index (χ3v) is 4.16. The number of carbonyl (C=O) groups excluding carboxylic acids is 1. The molecule has 1 fully saturated rings. The van der Waals surface area contributed by atoms with E-state index < -0.39 is 0 Å². The highest BCUT2D eigenvalue weighted by atomic mass is 16.1. The molecule has 1 aromatic heterocycles. The third kappa shape index (κ3) is 2.67. The van der Waals surface area contributed by atoms with Crippen LogP contribution < -0.4 is 0 Å². The van der Waals surface area contributed by atoms with Gasteiger partial charge >= 0.3 is 0 Å². The Morgan fingerprint density at radius 2 is 1.89 bits per heavy atom. The van der Waals surface area contributed by atoms with Crippen LogP contribution in [0.2, 0.25) is 0 Å². The molecule has 19 heavy (non-hydrogen) atoms. The summed E-state index contributed by atoms with van der Waals surface area (Å²) in [6, 6.07) is 10.1. The molecule has 0 saturated heterocycles. The Balaban J connectivity index is 1.82. The first-order valence-electron chi connectivity index (χ1n) is 7.20. The zero-order valence-corrected chi connectivity index (χ0v) is 11.1. The maximum Gasteiger partial charge on any atom is 0.140 e. The first-order chi connectivity index (χ1) is 9.34. The average Bonchev–Trinajstić information content (AvgIpc) is 2.48. The first kappa shape index (κ1) is 12.3. The highest BCUT2D eigenvalue weighted by Gasteiger charge is 2.21. The standard InChI is InChI=1S/C17H19NO/c19-17(13-6-2-1-3-7-13)12-14-10-11-18-16-9-5-4-8-15(14)16/h4-5,8-11,13H,1-3,6-7,12H2. The summed E-state index contributed by atoms with van der Waals surface area (Å²) >= 11 is 0. The molecule has 2 aromatic rings. The van der Waals surface area contributed by atoms with Crippen molar-refractivity contribution in [1.82, 2.24) is 4.98 Å². The van der Waals surface area contributed by atoms with Crippen molar-refractivity contribution in [3.63, 3.8) is 0 Å². The molecule has 1 aliphatic carbocycles. The minimum Gasteiger partial charge on any atom is -0.299 e. The van der Waals surface area contributed by atoms with Gasteiger partial charge in [-0.2, -0.15) is 0 Å². The molecule has 1 saturated carbocycles. The Labute approximate surface area is 113 Å². The molecule has 0 radical (unpaired) electrons. The monoisotopic (exact) mass is 253 g/mol. The number of benzene rings is 1. The summed E-state index contributed by atoms with van der Waals surface area (Å²) in [5.41, 5.74) is 2.11. The molecular weight excluding hydrogens is 234 g/mol. The Hall–Kier alpha value is -1.70. The maximum absolute atomic E-state index is 12.4. The van der Waals surface area contributed by atoms with Gasteiger partial charge in [0.25, 0.3) is 0 Å². The highest BCUT2D eigenvalue weighted by Crippen LogP contribution is 2.26. The molecule has 1 heterocycles. The number of aromatic nitrogens is 1. The van der Waals surface area contributed by atoms with Crippen molar-refractivity contribution in [2.45, 2.75) is 38.5 Å². The zero-order valence-electron chi connectivity index (χ0n) is 11.1. The van der Waals surface area contributed by atoms with Gasteiger partial charge in [-0.3, -0.25) is 9.78 Å². The number of para-hydroxylation sites is 1. The molecule has 0 spiro atoms. The van der Waals surface area contributed by atoms with Crippen molar-refractivity contribution in [3.05, 3.63) is 42.1 Å². The minimum absolute atomic E-state index is 0.292. The molecule has 1 aromatic carbocycles. The number of rotatable bonds is 3. The Kier molecular flexibility index (Phi) is 3.58. The predicted octanol–water partition coefficient (Wildman–Crippen LogP) is 3.93. The Morgan fingerprint density at radius 3 is 2.74 bits per heavy atom. The van der Waals surface area contributed by atoms with Crippen LogP contribution in [0.4, 0.5) is 0 Å². The summed E-state index contributed by atoms with van der Waals surface area (Å²) in [6.45, 7) is 0. The van der Waals surface area contributed by atoms with Crippen LogP contribution in [-0.2, 0) is 11.2 Å². The lowest BCUT2D eigenvalue weighted by atomic mass is 9.84. The van der Waals surface area contributed by atoms with Crippen LogP contribution in [0.5, 0.6) is 0 Å². The van der Waals surface area contributed by atoms with Gasteiger partial charge in [0.2, 0.25) is 0 Å². The van der Waals surface area contributed by atoms with Crippen molar-refractivity contribution in [2.24, 2.45) is 5.92 Å². The van der Waals surface area contributed by atoms with Gasteiger partial charge in [0.05, 0.1) is 5.52 Å². The number of carbonyl (C=O) groups is 1. The fourth-order valence-corrected chi connectivity index (χ4v) is 3.07. The molecule has 0 amide bonds. The van der Waals surface area contributed by atoms with Gasteiger partial charge < -0.3 is 0 Å². The lowest BCUT2D eigenvalue weighted by molar-refractivity contribution is -0.123. The fourth-order valence-electron chi connectivity index (χ4n) is 3.07. The van der Waals surface area contributed by atoms with E-state index in [-0.39, 0.29) is 0 Å². The smallest absolute Gasteiger partial charge is 0.140 e. The molecule has 2 nitrogen and oxygen atoms in total. The van der Waals surface area contributed by atoms with Crippen LogP contribution in [0.15, 0.2) is 36.5 Å². The second-order valence-corrected chi connectivity index (χ2v) is 5.47. The van der Waals surface area contributed by atoms with E-state index in [1.807, 2.05) is 30.5 Å². The third-order valence-electron chi connectivity index (χ3n) is 4.16. The van der Waals surface area contributed by atoms with Crippen molar-refractivity contribution >= 4 is 16.7 Å². The summed E-state index contributed by atoms with van der Waals surface area (Å²) in [4.78, 5) is 16.7. The van der Waals surface area contributed by atoms with Gasteiger partial charge in [0.15, 0.2) is 0 Å². The van der Waals surface area contributed by atoms with E-state index in [0.717, 1.165) is 29.3 Å². The van der Waals surface area contributed by atoms with E-state index >= 15 is 0 Å². The number of Topliss-reactive ketones (excluding diaryl/α,β-unsaturated/α-hetero) is 1. The van der Waals surface area contributed by atoms with E-state index in [9.17, 15) is 4.79 Å². The molecule has 0 N–H and O–H groups in total. The van der Waals surface area contributed by atoms with E-state index in [0.29, 0.717) is 18.1 Å². The molecule has 0 atom stereocenters. The van der Waals surface area contributed by atoms with Crippen LogP contribution in [0, 0.1) is 5.92 Å². The largest absolute Gasteiger partial charge is 0.299 e. The van der Waals surface area contributed by atoms with Gasteiger partial charge in [0.1, 0.15) is 5.78 Å². The molecule has 3 rings (SSSR count). The Morgan fingerprint density at radius 1 is 1.11 bits per heavy atom. The summed E-state index contributed by atoms with van der Waals surface area (Å²) < 4.78 is 0. The van der Waals surface area contributed by atoms with E-state index in [4.69, 9.17) is 0 Å². The van der Waals surface area contributed by atoms with E-state index in [1.54, 1.807) is 0 Å². The lowest BCUT2D eigenvalue weighted by Crippen LogP contribution is -2.19. The molecule has 1 aliphatic rings. The lowest BCUT2D eigenvalue weighted by Gasteiger charge is -2.20. The van der Waals surface area contributed by atoms with Crippen LogP contribution in [-0.4, -0.2) is 10.8 Å². The fraction of sp³-hybridized carbons (Fsp3) is 0.412. The van der Waals surface area contributed by atoms with Crippen LogP contribution in [0.3, 0.4) is 0 Å². The van der Waals surface area contributed by atoms with Gasteiger partial charge in [-0.25, -0.2) is 0 Å². The molecule has 0 unspecified atom stereocenters. The number of hydrogen-bond donors (Lipinski definition) is 0. The van der Waals surface area contributed by atoms with Crippen LogP contribution in [0.1, 0.15) is 37.7 Å². The topological polar surface area (TPSA) is 30.0 Å². The van der Waals surface area contributed by atoms with E-state index in [2.05, 4.69) is 11.1 Å². The van der Waals surface area contributed by atoms with Crippen LogP contribution in [0.25, 0.3) is 10.9 Å². The Bertz CT molecular complexity index is 579. The number of hydrogen-bond acceptors (Lipinski definition) is 2. The number of fused-ring (bicyclic) bond motifs is 1.